The van der Waals surface area contributed by atoms with Crippen LogP contribution in [0.3, 0.4) is 0 Å². The fourth-order valence-corrected chi connectivity index (χ4v) is 3.27. The molecule has 1 saturated heterocycles. The van der Waals surface area contributed by atoms with Crippen molar-refractivity contribution in [3.05, 3.63) is 64.1 Å². The maximum absolute atomic E-state index is 13.9. The number of hydrogen-bond acceptors (Lipinski definition) is 5. The zero-order chi connectivity index (χ0) is 21.3. The number of nitrogens with zero attached hydrogens (tertiary/aromatic N) is 1. The first-order valence-corrected chi connectivity index (χ1v) is 10.2. The van der Waals surface area contributed by atoms with Crippen LogP contribution in [0.1, 0.15) is 44.6 Å². The number of rotatable bonds is 9. The average molecular weight is 415 g/mol. The topological polar surface area (TPSA) is 70.8 Å². The molecule has 3 rings (SSSR count). The molecule has 0 saturated carbocycles. The van der Waals surface area contributed by atoms with Gasteiger partial charge in [0.15, 0.2) is 6.29 Å². The van der Waals surface area contributed by atoms with E-state index in [-0.39, 0.29) is 6.29 Å². The van der Waals surface area contributed by atoms with Gasteiger partial charge in [-0.1, -0.05) is 25.5 Å². The Bertz CT molecular complexity index is 893. The second-order valence-corrected chi connectivity index (χ2v) is 7.11. The molecule has 1 heterocycles. The molecule has 160 valence electrons. The summed E-state index contributed by atoms with van der Waals surface area (Å²) < 4.78 is 31.5. The number of halogens is 1. The van der Waals surface area contributed by atoms with E-state index >= 15 is 0 Å². The number of hydrogen-bond donors (Lipinski definition) is 0. The molecule has 1 atom stereocenters. The second-order valence-electron chi connectivity index (χ2n) is 7.11. The first-order chi connectivity index (χ1) is 14.6. The molecule has 0 spiro atoms. The molecule has 0 aliphatic carbocycles. The number of unbranched alkanes of at least 4 members (excludes halogenated alkanes) is 1. The molecule has 2 aromatic rings. The van der Waals surface area contributed by atoms with Crippen LogP contribution < -0.4 is 9.47 Å². The SMILES string of the molecule is CCCCOc1cc(OC2CCCCO2)cc(-c2cccc(F)c2)c1/C=C/[N+](=O)[O-]. The van der Waals surface area contributed by atoms with Crippen LogP contribution in [0.15, 0.2) is 42.6 Å². The molecule has 0 radical (unpaired) electrons. The minimum absolute atomic E-state index is 0.359. The van der Waals surface area contributed by atoms with Gasteiger partial charge < -0.3 is 14.2 Å². The highest BCUT2D eigenvalue weighted by Gasteiger charge is 2.19. The molecule has 0 aromatic heterocycles. The maximum Gasteiger partial charge on any atom is 0.235 e. The monoisotopic (exact) mass is 415 g/mol. The van der Waals surface area contributed by atoms with Crippen molar-refractivity contribution in [2.24, 2.45) is 0 Å². The van der Waals surface area contributed by atoms with Gasteiger partial charge in [-0.05, 0) is 48.6 Å². The van der Waals surface area contributed by atoms with Crippen LogP contribution in [-0.2, 0) is 4.74 Å². The summed E-state index contributed by atoms with van der Waals surface area (Å²) >= 11 is 0. The number of ether oxygens (including phenoxy) is 3. The standard InChI is InChI=1S/C23H26FNO5/c1-2-3-12-28-22-16-19(30-23-9-4-5-13-29-23)15-21(20(22)10-11-25(26)27)17-7-6-8-18(24)14-17/h6-8,10-11,14-16,23H,2-5,9,12-13H2,1H3/b11-10+. The summed E-state index contributed by atoms with van der Waals surface area (Å²) in [5.41, 5.74) is 1.67. The lowest BCUT2D eigenvalue weighted by Gasteiger charge is -2.24. The predicted octanol–water partition coefficient (Wildman–Crippen LogP) is 5.82. The van der Waals surface area contributed by atoms with Crippen LogP contribution in [-0.4, -0.2) is 24.4 Å². The number of nitro groups is 1. The molecule has 1 unspecified atom stereocenters. The molecule has 0 amide bonds. The summed E-state index contributed by atoms with van der Waals surface area (Å²) in [7, 11) is 0. The molecule has 0 N–H and O–H groups in total. The second kappa shape index (κ2) is 10.7. The highest BCUT2D eigenvalue weighted by Crippen LogP contribution is 2.38. The van der Waals surface area contributed by atoms with E-state index in [0.717, 1.165) is 38.3 Å². The van der Waals surface area contributed by atoms with Crippen molar-refractivity contribution in [2.75, 3.05) is 13.2 Å². The van der Waals surface area contributed by atoms with Crippen molar-refractivity contribution in [1.82, 2.24) is 0 Å². The smallest absolute Gasteiger partial charge is 0.235 e. The van der Waals surface area contributed by atoms with E-state index in [9.17, 15) is 14.5 Å². The summed E-state index contributed by atoms with van der Waals surface area (Å²) in [5.74, 6) is 0.576. The van der Waals surface area contributed by atoms with Gasteiger partial charge in [0.25, 0.3) is 0 Å². The molecular formula is C23H26FNO5. The summed E-state index contributed by atoms with van der Waals surface area (Å²) in [6.45, 7) is 3.15. The third-order valence-corrected chi connectivity index (χ3v) is 4.78. The van der Waals surface area contributed by atoms with Crippen LogP contribution in [0.5, 0.6) is 11.5 Å². The van der Waals surface area contributed by atoms with Crippen molar-refractivity contribution < 1.29 is 23.5 Å². The molecule has 30 heavy (non-hydrogen) atoms. The van der Waals surface area contributed by atoms with Crippen LogP contribution in [0.4, 0.5) is 4.39 Å². The van der Waals surface area contributed by atoms with E-state index in [1.165, 1.54) is 18.2 Å². The fourth-order valence-electron chi connectivity index (χ4n) is 3.27. The van der Waals surface area contributed by atoms with Gasteiger partial charge >= 0.3 is 0 Å². The predicted molar refractivity (Wildman–Crippen MR) is 112 cm³/mol. The average Bonchev–Trinajstić information content (AvgIpc) is 2.73. The lowest BCUT2D eigenvalue weighted by atomic mass is 9.98. The maximum atomic E-state index is 13.9. The first kappa shape index (κ1) is 21.8. The Labute approximate surface area is 175 Å². The highest BCUT2D eigenvalue weighted by molar-refractivity contribution is 5.80. The molecular weight excluding hydrogens is 389 g/mol. The lowest BCUT2D eigenvalue weighted by Crippen LogP contribution is -2.25. The summed E-state index contributed by atoms with van der Waals surface area (Å²) in [6.07, 6.45) is 6.47. The Morgan fingerprint density at radius 2 is 2.17 bits per heavy atom. The van der Waals surface area contributed by atoms with Crippen LogP contribution in [0, 0.1) is 15.9 Å². The van der Waals surface area contributed by atoms with Gasteiger partial charge in [-0.15, -0.1) is 0 Å². The zero-order valence-electron chi connectivity index (χ0n) is 17.0. The Kier molecular flexibility index (Phi) is 7.79. The fraction of sp³-hybridized carbons (Fsp3) is 0.391. The number of benzene rings is 2. The third kappa shape index (κ3) is 6.03. The van der Waals surface area contributed by atoms with Crippen LogP contribution >= 0.6 is 0 Å². The van der Waals surface area contributed by atoms with E-state index in [4.69, 9.17) is 14.2 Å². The highest BCUT2D eigenvalue weighted by atomic mass is 19.1. The Morgan fingerprint density at radius 3 is 2.87 bits per heavy atom. The Balaban J connectivity index is 2.06. The van der Waals surface area contributed by atoms with E-state index < -0.39 is 10.7 Å². The Morgan fingerprint density at radius 1 is 1.30 bits per heavy atom. The van der Waals surface area contributed by atoms with Crippen LogP contribution in [0.2, 0.25) is 0 Å². The largest absolute Gasteiger partial charge is 0.493 e. The van der Waals surface area contributed by atoms with Gasteiger partial charge in [0.05, 0.1) is 18.1 Å². The molecule has 2 aromatic carbocycles. The van der Waals surface area contributed by atoms with Gasteiger partial charge in [-0.25, -0.2) is 4.39 Å². The van der Waals surface area contributed by atoms with E-state index in [2.05, 4.69) is 6.92 Å². The van der Waals surface area contributed by atoms with E-state index in [1.54, 1.807) is 24.3 Å². The van der Waals surface area contributed by atoms with Gasteiger partial charge in [-0.3, -0.25) is 10.1 Å². The Hall–Kier alpha value is -2.93. The van der Waals surface area contributed by atoms with E-state index in [1.807, 2.05) is 0 Å². The zero-order valence-corrected chi connectivity index (χ0v) is 17.0. The van der Waals surface area contributed by atoms with Gasteiger partial charge in [0.1, 0.15) is 17.3 Å². The summed E-state index contributed by atoms with van der Waals surface area (Å²) in [5, 5.41) is 11.0. The van der Waals surface area contributed by atoms with Crippen molar-refractivity contribution in [2.45, 2.75) is 45.3 Å². The van der Waals surface area contributed by atoms with Crippen molar-refractivity contribution in [3.8, 4) is 22.6 Å². The van der Waals surface area contributed by atoms with E-state index in [0.29, 0.717) is 41.4 Å². The molecule has 1 aliphatic rings. The van der Waals surface area contributed by atoms with Crippen LogP contribution in [0.25, 0.3) is 17.2 Å². The first-order valence-electron chi connectivity index (χ1n) is 10.2. The summed E-state index contributed by atoms with van der Waals surface area (Å²) in [6, 6.07) is 9.55. The lowest BCUT2D eigenvalue weighted by molar-refractivity contribution is -0.400. The van der Waals surface area contributed by atoms with Crippen molar-refractivity contribution >= 4 is 6.08 Å². The normalized spacial score (nSPS) is 16.5. The quantitative estimate of drug-likeness (QED) is 0.293. The van der Waals surface area contributed by atoms with Gasteiger partial charge in [0, 0.05) is 24.1 Å². The summed E-state index contributed by atoms with van der Waals surface area (Å²) in [4.78, 5) is 10.4. The molecule has 6 nitrogen and oxygen atoms in total. The van der Waals surface area contributed by atoms with Crippen molar-refractivity contribution in [3.63, 3.8) is 0 Å². The minimum atomic E-state index is -0.536. The molecule has 1 fully saturated rings. The van der Waals surface area contributed by atoms with Crippen molar-refractivity contribution in [1.29, 1.82) is 0 Å². The van der Waals surface area contributed by atoms with Gasteiger partial charge in [-0.2, -0.15) is 0 Å². The minimum Gasteiger partial charge on any atom is -0.493 e. The molecule has 1 aliphatic heterocycles. The molecule has 0 bridgehead atoms. The van der Waals surface area contributed by atoms with Gasteiger partial charge in [0.2, 0.25) is 6.20 Å². The third-order valence-electron chi connectivity index (χ3n) is 4.78. The molecule has 7 heteroatoms.